The van der Waals surface area contributed by atoms with Crippen LogP contribution in [0.4, 0.5) is 0 Å². The smallest absolute Gasteiger partial charge is 0.0110 e. The first-order valence-electron chi connectivity index (χ1n) is 7.28. The van der Waals surface area contributed by atoms with Crippen molar-refractivity contribution in [3.05, 3.63) is 0 Å². The Labute approximate surface area is 101 Å². The topological polar surface area (TPSA) is 15.3 Å². The number of hydrogen-bond donors (Lipinski definition) is 1. The molecule has 0 aromatic rings. The van der Waals surface area contributed by atoms with E-state index < -0.39 is 0 Å². The van der Waals surface area contributed by atoms with Gasteiger partial charge in [-0.15, -0.1) is 0 Å². The Bertz CT molecular complexity index is 197. The fourth-order valence-electron chi connectivity index (χ4n) is 2.48. The number of nitrogens with one attached hydrogen (secondary N) is 1. The van der Waals surface area contributed by atoms with E-state index in [4.69, 9.17) is 0 Å². The number of unbranched alkanes of at least 4 members (excludes halogenated alkanes) is 1. The minimum atomic E-state index is 0.757. The molecule has 1 N–H and O–H groups in total. The Balaban J connectivity index is 1.57. The van der Waals surface area contributed by atoms with Gasteiger partial charge in [0.05, 0.1) is 0 Å². The lowest BCUT2D eigenvalue weighted by atomic mass is 10.2. The molecule has 0 heterocycles. The molecule has 2 nitrogen and oxygen atoms in total. The van der Waals surface area contributed by atoms with Gasteiger partial charge >= 0.3 is 0 Å². The van der Waals surface area contributed by atoms with Crippen LogP contribution < -0.4 is 5.32 Å². The fourth-order valence-corrected chi connectivity index (χ4v) is 2.48. The van der Waals surface area contributed by atoms with Crippen molar-refractivity contribution in [3.63, 3.8) is 0 Å². The Morgan fingerprint density at radius 2 is 1.94 bits per heavy atom. The molecule has 94 valence electrons. The number of hydrogen-bond acceptors (Lipinski definition) is 2. The minimum Gasteiger partial charge on any atom is -0.313 e. The molecule has 0 aromatic heterocycles. The molecule has 2 saturated carbocycles. The van der Waals surface area contributed by atoms with Gasteiger partial charge < -0.3 is 5.32 Å². The van der Waals surface area contributed by atoms with E-state index in [1.807, 2.05) is 0 Å². The highest BCUT2D eigenvalue weighted by molar-refractivity contribution is 4.86. The van der Waals surface area contributed by atoms with E-state index in [1.54, 1.807) is 0 Å². The number of rotatable bonds is 9. The van der Waals surface area contributed by atoms with Gasteiger partial charge in [0.2, 0.25) is 0 Å². The van der Waals surface area contributed by atoms with Crippen LogP contribution in [0.2, 0.25) is 0 Å². The van der Waals surface area contributed by atoms with Crippen molar-refractivity contribution in [2.75, 3.05) is 19.6 Å². The van der Waals surface area contributed by atoms with E-state index >= 15 is 0 Å². The molecule has 2 fully saturated rings. The van der Waals surface area contributed by atoms with Crippen LogP contribution in [-0.4, -0.2) is 36.6 Å². The highest BCUT2D eigenvalue weighted by atomic mass is 15.2. The molecular formula is C14H28N2. The zero-order valence-corrected chi connectivity index (χ0v) is 11.0. The summed E-state index contributed by atoms with van der Waals surface area (Å²) in [7, 11) is 0. The van der Waals surface area contributed by atoms with Gasteiger partial charge in [-0.3, -0.25) is 4.90 Å². The van der Waals surface area contributed by atoms with E-state index in [2.05, 4.69) is 24.1 Å². The first-order valence-corrected chi connectivity index (χ1v) is 7.28. The van der Waals surface area contributed by atoms with E-state index in [1.165, 1.54) is 58.2 Å². The first-order chi connectivity index (χ1) is 7.81. The van der Waals surface area contributed by atoms with Crippen LogP contribution >= 0.6 is 0 Å². The van der Waals surface area contributed by atoms with Gasteiger partial charge in [0.15, 0.2) is 0 Å². The maximum Gasteiger partial charge on any atom is 0.0110 e. The summed E-state index contributed by atoms with van der Waals surface area (Å²) in [5.74, 6) is 0.991. The Morgan fingerprint density at radius 3 is 2.50 bits per heavy atom. The van der Waals surface area contributed by atoms with E-state index in [0.29, 0.717) is 0 Å². The molecule has 0 spiro atoms. The van der Waals surface area contributed by atoms with Crippen molar-refractivity contribution >= 4 is 0 Å². The predicted molar refractivity (Wildman–Crippen MR) is 69.7 cm³/mol. The maximum absolute atomic E-state index is 3.69. The normalized spacial score (nSPS) is 22.7. The second-order valence-electron chi connectivity index (χ2n) is 5.70. The minimum absolute atomic E-state index is 0.757. The van der Waals surface area contributed by atoms with E-state index in [9.17, 15) is 0 Å². The van der Waals surface area contributed by atoms with Gasteiger partial charge in [0.1, 0.15) is 0 Å². The zero-order valence-electron chi connectivity index (χ0n) is 11.0. The third-order valence-electron chi connectivity index (χ3n) is 4.06. The Kier molecular flexibility index (Phi) is 4.66. The fraction of sp³-hybridized carbons (Fsp3) is 1.00. The molecule has 0 amide bonds. The molecule has 0 bridgehead atoms. The number of nitrogens with zero attached hydrogens (tertiary/aromatic N) is 1. The SMILES string of the molecule is CCCCN(CCNC(C)C1CC1)C1CC1. The Hall–Kier alpha value is -0.0800. The van der Waals surface area contributed by atoms with Gasteiger partial charge in [-0.25, -0.2) is 0 Å². The molecule has 2 heteroatoms. The van der Waals surface area contributed by atoms with Gasteiger partial charge in [0, 0.05) is 25.2 Å². The van der Waals surface area contributed by atoms with Gasteiger partial charge in [-0.05, 0) is 51.5 Å². The molecule has 1 atom stereocenters. The summed E-state index contributed by atoms with van der Waals surface area (Å²) >= 11 is 0. The molecule has 0 saturated heterocycles. The molecule has 16 heavy (non-hydrogen) atoms. The second kappa shape index (κ2) is 6.02. The highest BCUT2D eigenvalue weighted by Gasteiger charge is 2.29. The summed E-state index contributed by atoms with van der Waals surface area (Å²) < 4.78 is 0. The van der Waals surface area contributed by atoms with Crippen LogP contribution in [0.3, 0.4) is 0 Å². The Morgan fingerprint density at radius 1 is 1.19 bits per heavy atom. The average Bonchev–Trinajstić information content (AvgIpc) is 3.15. The third kappa shape index (κ3) is 4.06. The van der Waals surface area contributed by atoms with Gasteiger partial charge in [0.25, 0.3) is 0 Å². The van der Waals surface area contributed by atoms with Crippen LogP contribution in [0.25, 0.3) is 0 Å². The lowest BCUT2D eigenvalue weighted by molar-refractivity contribution is 0.254. The van der Waals surface area contributed by atoms with Crippen molar-refractivity contribution in [1.29, 1.82) is 0 Å². The third-order valence-corrected chi connectivity index (χ3v) is 4.06. The lowest BCUT2D eigenvalue weighted by Crippen LogP contribution is -2.38. The summed E-state index contributed by atoms with van der Waals surface area (Å²) in [6, 6.07) is 1.69. The summed E-state index contributed by atoms with van der Waals surface area (Å²) in [6.45, 7) is 8.42. The predicted octanol–water partition coefficient (Wildman–Crippen LogP) is 2.64. The lowest BCUT2D eigenvalue weighted by Gasteiger charge is -2.23. The standard InChI is InChI=1S/C14H28N2/c1-3-4-10-16(14-7-8-14)11-9-15-12(2)13-5-6-13/h12-15H,3-11H2,1-2H3. The maximum atomic E-state index is 3.69. The van der Waals surface area contributed by atoms with Crippen LogP contribution in [0.5, 0.6) is 0 Å². The van der Waals surface area contributed by atoms with Crippen molar-refractivity contribution in [3.8, 4) is 0 Å². The van der Waals surface area contributed by atoms with Crippen LogP contribution in [0, 0.1) is 5.92 Å². The molecule has 1 unspecified atom stereocenters. The van der Waals surface area contributed by atoms with Crippen molar-refractivity contribution in [2.24, 2.45) is 5.92 Å². The molecule has 0 aromatic carbocycles. The van der Waals surface area contributed by atoms with Crippen LogP contribution in [-0.2, 0) is 0 Å². The van der Waals surface area contributed by atoms with Gasteiger partial charge in [-0.1, -0.05) is 13.3 Å². The first kappa shape index (κ1) is 12.4. The summed E-state index contributed by atoms with van der Waals surface area (Å²) in [5.41, 5.74) is 0. The van der Waals surface area contributed by atoms with E-state index in [-0.39, 0.29) is 0 Å². The van der Waals surface area contributed by atoms with Crippen LogP contribution in [0.1, 0.15) is 52.4 Å². The largest absolute Gasteiger partial charge is 0.313 e. The van der Waals surface area contributed by atoms with E-state index in [0.717, 1.165) is 18.0 Å². The van der Waals surface area contributed by atoms with Crippen LogP contribution in [0.15, 0.2) is 0 Å². The van der Waals surface area contributed by atoms with Crippen molar-refractivity contribution < 1.29 is 0 Å². The zero-order chi connectivity index (χ0) is 11.4. The summed E-state index contributed by atoms with van der Waals surface area (Å²) in [4.78, 5) is 2.70. The van der Waals surface area contributed by atoms with Crippen molar-refractivity contribution in [1.82, 2.24) is 10.2 Å². The quantitative estimate of drug-likeness (QED) is 0.648. The summed E-state index contributed by atoms with van der Waals surface area (Å²) in [5, 5.41) is 3.69. The molecular weight excluding hydrogens is 196 g/mol. The highest BCUT2D eigenvalue weighted by Crippen LogP contribution is 2.32. The molecule has 2 rings (SSSR count). The molecule has 0 radical (unpaired) electrons. The molecule has 2 aliphatic carbocycles. The molecule has 2 aliphatic rings. The monoisotopic (exact) mass is 224 g/mol. The van der Waals surface area contributed by atoms with Gasteiger partial charge in [-0.2, -0.15) is 0 Å². The average molecular weight is 224 g/mol. The summed E-state index contributed by atoms with van der Waals surface area (Å²) in [6.07, 6.45) is 8.50. The van der Waals surface area contributed by atoms with Crippen molar-refractivity contribution in [2.45, 2.75) is 64.5 Å². The second-order valence-corrected chi connectivity index (χ2v) is 5.70. The molecule has 0 aliphatic heterocycles.